The highest BCUT2D eigenvalue weighted by Crippen LogP contribution is 2.34. The third kappa shape index (κ3) is 3.73. The molecule has 0 heterocycles. The molecule has 2 rings (SSSR count). The van der Waals surface area contributed by atoms with Crippen LogP contribution in [0.4, 0.5) is 0 Å². The maximum Gasteiger partial charge on any atom is 0.125 e. The molecule has 0 amide bonds. The van der Waals surface area contributed by atoms with Gasteiger partial charge < -0.3 is 9.84 Å². The van der Waals surface area contributed by atoms with E-state index in [0.29, 0.717) is 0 Å². The molecule has 2 nitrogen and oxygen atoms in total. The van der Waals surface area contributed by atoms with Crippen molar-refractivity contribution in [1.29, 1.82) is 0 Å². The lowest BCUT2D eigenvalue weighted by molar-refractivity contribution is 0.0959. The van der Waals surface area contributed by atoms with Gasteiger partial charge in [-0.1, -0.05) is 26.0 Å². The van der Waals surface area contributed by atoms with Gasteiger partial charge in [0.2, 0.25) is 0 Å². The molecular formula is C17H26O2. The molecule has 3 atom stereocenters. The molecule has 1 fully saturated rings. The highest BCUT2D eigenvalue weighted by Gasteiger charge is 2.26. The first-order chi connectivity index (χ1) is 8.95. The minimum Gasteiger partial charge on any atom is -0.490 e. The quantitative estimate of drug-likeness (QED) is 0.882. The minimum atomic E-state index is -0.478. The Hall–Kier alpha value is -1.02. The van der Waals surface area contributed by atoms with Crippen LogP contribution in [0.25, 0.3) is 0 Å². The van der Waals surface area contributed by atoms with Gasteiger partial charge in [0.05, 0.1) is 12.2 Å². The molecule has 0 spiro atoms. The maximum absolute atomic E-state index is 9.85. The van der Waals surface area contributed by atoms with E-state index < -0.39 is 6.10 Å². The van der Waals surface area contributed by atoms with Crippen molar-refractivity contribution in [2.45, 2.75) is 59.2 Å². The molecule has 2 heteroatoms. The van der Waals surface area contributed by atoms with Crippen molar-refractivity contribution in [3.05, 3.63) is 29.3 Å². The molecule has 0 saturated heterocycles. The summed E-state index contributed by atoms with van der Waals surface area (Å²) in [5.41, 5.74) is 2.08. The van der Waals surface area contributed by atoms with Gasteiger partial charge in [-0.05, 0) is 56.6 Å². The normalized spacial score (nSPS) is 29.0. The van der Waals surface area contributed by atoms with Crippen LogP contribution in [0.1, 0.15) is 57.3 Å². The number of hydrogen-bond donors (Lipinski definition) is 1. The Labute approximate surface area is 116 Å². The van der Waals surface area contributed by atoms with E-state index in [1.54, 1.807) is 6.92 Å². The molecule has 0 aromatic heterocycles. The van der Waals surface area contributed by atoms with Gasteiger partial charge >= 0.3 is 0 Å². The van der Waals surface area contributed by atoms with Crippen LogP contribution in [0, 0.1) is 18.8 Å². The van der Waals surface area contributed by atoms with Crippen molar-refractivity contribution in [3.63, 3.8) is 0 Å². The van der Waals surface area contributed by atoms with Gasteiger partial charge in [0.1, 0.15) is 5.75 Å². The highest BCUT2D eigenvalue weighted by molar-refractivity contribution is 5.38. The van der Waals surface area contributed by atoms with Crippen molar-refractivity contribution in [1.82, 2.24) is 0 Å². The second-order valence-electron chi connectivity index (χ2n) is 6.37. The van der Waals surface area contributed by atoms with Crippen LogP contribution in [0.15, 0.2) is 18.2 Å². The Bertz CT molecular complexity index is 415. The number of aryl methyl sites for hydroxylation is 1. The van der Waals surface area contributed by atoms with Gasteiger partial charge in [0.25, 0.3) is 0 Å². The van der Waals surface area contributed by atoms with Gasteiger partial charge in [0, 0.05) is 5.56 Å². The maximum atomic E-state index is 9.85. The van der Waals surface area contributed by atoms with E-state index in [9.17, 15) is 5.11 Å². The lowest BCUT2D eigenvalue weighted by Gasteiger charge is -2.32. The molecular weight excluding hydrogens is 236 g/mol. The SMILES string of the molecule is Cc1ccc(C(C)O)c(OC2CC(C)CC(C)C2)c1. The first-order valence-electron chi connectivity index (χ1n) is 7.41. The monoisotopic (exact) mass is 262 g/mol. The van der Waals surface area contributed by atoms with Gasteiger partial charge in [-0.2, -0.15) is 0 Å². The topological polar surface area (TPSA) is 29.5 Å². The third-order valence-corrected chi connectivity index (χ3v) is 4.05. The Morgan fingerprint density at radius 3 is 2.37 bits per heavy atom. The summed E-state index contributed by atoms with van der Waals surface area (Å²) in [4.78, 5) is 0. The van der Waals surface area contributed by atoms with Crippen LogP contribution in [0.5, 0.6) is 5.75 Å². The Balaban J connectivity index is 2.15. The minimum absolute atomic E-state index is 0.290. The van der Waals surface area contributed by atoms with Crippen LogP contribution < -0.4 is 4.74 Å². The number of hydrogen-bond acceptors (Lipinski definition) is 2. The van der Waals surface area contributed by atoms with Gasteiger partial charge in [0.15, 0.2) is 0 Å². The summed E-state index contributed by atoms with van der Waals surface area (Å²) in [6.07, 6.45) is 3.36. The fourth-order valence-corrected chi connectivity index (χ4v) is 3.24. The van der Waals surface area contributed by atoms with Crippen molar-refractivity contribution < 1.29 is 9.84 Å². The molecule has 19 heavy (non-hydrogen) atoms. The average molecular weight is 262 g/mol. The number of rotatable bonds is 3. The lowest BCUT2D eigenvalue weighted by Crippen LogP contribution is -2.28. The summed E-state index contributed by atoms with van der Waals surface area (Å²) >= 11 is 0. The average Bonchev–Trinajstić information content (AvgIpc) is 2.26. The molecule has 0 radical (unpaired) electrons. The Morgan fingerprint density at radius 1 is 1.16 bits per heavy atom. The lowest BCUT2D eigenvalue weighted by atomic mass is 9.82. The molecule has 1 aromatic rings. The fourth-order valence-electron chi connectivity index (χ4n) is 3.24. The summed E-state index contributed by atoms with van der Waals surface area (Å²) in [7, 11) is 0. The molecule has 1 aliphatic rings. The van der Waals surface area contributed by atoms with E-state index in [1.807, 2.05) is 18.2 Å². The summed E-state index contributed by atoms with van der Waals surface area (Å²) in [5, 5.41) is 9.85. The predicted octanol–water partition coefficient (Wildman–Crippen LogP) is 4.25. The highest BCUT2D eigenvalue weighted by atomic mass is 16.5. The smallest absolute Gasteiger partial charge is 0.125 e. The van der Waals surface area contributed by atoms with E-state index >= 15 is 0 Å². The Kier molecular flexibility index (Phi) is 4.51. The number of benzene rings is 1. The number of ether oxygens (including phenoxy) is 1. The summed E-state index contributed by atoms with van der Waals surface area (Å²) in [6.45, 7) is 8.46. The number of aliphatic hydroxyl groups excluding tert-OH is 1. The summed E-state index contributed by atoms with van der Waals surface area (Å²) in [5.74, 6) is 2.32. The third-order valence-electron chi connectivity index (χ3n) is 4.05. The molecule has 0 bridgehead atoms. The van der Waals surface area contributed by atoms with E-state index in [2.05, 4.69) is 20.8 Å². The first-order valence-corrected chi connectivity index (χ1v) is 7.41. The van der Waals surface area contributed by atoms with E-state index in [0.717, 1.165) is 36.0 Å². The zero-order chi connectivity index (χ0) is 14.0. The van der Waals surface area contributed by atoms with Crippen molar-refractivity contribution in [3.8, 4) is 5.75 Å². The first kappa shape index (κ1) is 14.4. The summed E-state index contributed by atoms with van der Waals surface area (Å²) in [6, 6.07) is 6.05. The largest absolute Gasteiger partial charge is 0.490 e. The summed E-state index contributed by atoms with van der Waals surface area (Å²) < 4.78 is 6.21. The second kappa shape index (κ2) is 5.96. The molecule has 1 N–H and O–H groups in total. The van der Waals surface area contributed by atoms with Crippen LogP contribution >= 0.6 is 0 Å². The second-order valence-corrected chi connectivity index (χ2v) is 6.37. The fraction of sp³-hybridized carbons (Fsp3) is 0.647. The zero-order valence-corrected chi connectivity index (χ0v) is 12.5. The van der Waals surface area contributed by atoms with Crippen LogP contribution in [-0.2, 0) is 0 Å². The zero-order valence-electron chi connectivity index (χ0n) is 12.5. The van der Waals surface area contributed by atoms with Crippen LogP contribution in [0.2, 0.25) is 0 Å². The van der Waals surface area contributed by atoms with Crippen LogP contribution in [0.3, 0.4) is 0 Å². The van der Waals surface area contributed by atoms with E-state index in [1.165, 1.54) is 12.0 Å². The van der Waals surface area contributed by atoms with Gasteiger partial charge in [-0.25, -0.2) is 0 Å². The number of aliphatic hydroxyl groups is 1. The Morgan fingerprint density at radius 2 is 1.79 bits per heavy atom. The predicted molar refractivity (Wildman–Crippen MR) is 78.4 cm³/mol. The van der Waals surface area contributed by atoms with E-state index in [-0.39, 0.29) is 6.10 Å². The molecule has 1 saturated carbocycles. The van der Waals surface area contributed by atoms with Crippen molar-refractivity contribution in [2.75, 3.05) is 0 Å². The standard InChI is InChI=1S/C17H26O2/c1-11-5-6-16(14(4)18)17(10-11)19-15-8-12(2)7-13(3)9-15/h5-6,10,12-15,18H,7-9H2,1-4H3. The van der Waals surface area contributed by atoms with Crippen molar-refractivity contribution in [2.24, 2.45) is 11.8 Å². The van der Waals surface area contributed by atoms with Crippen molar-refractivity contribution >= 4 is 0 Å². The molecule has 1 aromatic carbocycles. The molecule has 3 unspecified atom stereocenters. The molecule has 1 aliphatic carbocycles. The van der Waals surface area contributed by atoms with Gasteiger partial charge in [-0.3, -0.25) is 0 Å². The molecule has 106 valence electrons. The van der Waals surface area contributed by atoms with E-state index in [4.69, 9.17) is 4.74 Å². The molecule has 0 aliphatic heterocycles. The van der Waals surface area contributed by atoms with Gasteiger partial charge in [-0.15, -0.1) is 0 Å². The van der Waals surface area contributed by atoms with Crippen LogP contribution in [-0.4, -0.2) is 11.2 Å².